The molecule has 0 radical (unpaired) electrons. The molecule has 0 atom stereocenters. The first-order chi connectivity index (χ1) is 15.2. The monoisotopic (exact) mass is 436 g/mol. The number of anilines is 2. The predicted molar refractivity (Wildman–Crippen MR) is 124 cm³/mol. The highest BCUT2D eigenvalue weighted by Crippen LogP contribution is 2.31. The van der Waals surface area contributed by atoms with E-state index < -0.39 is 5.60 Å². The van der Waals surface area contributed by atoms with Gasteiger partial charge in [0.1, 0.15) is 17.7 Å². The first-order valence-corrected chi connectivity index (χ1v) is 10.5. The quantitative estimate of drug-likeness (QED) is 0.666. The summed E-state index contributed by atoms with van der Waals surface area (Å²) in [6.45, 7) is 8.07. The molecule has 168 valence electrons. The van der Waals surface area contributed by atoms with Crippen LogP contribution in [0.3, 0.4) is 0 Å². The summed E-state index contributed by atoms with van der Waals surface area (Å²) in [4.78, 5) is 29.5. The molecule has 3 heterocycles. The van der Waals surface area contributed by atoms with Crippen LogP contribution >= 0.6 is 0 Å². The second kappa shape index (κ2) is 8.49. The molecular formula is C23H28N6O3. The lowest BCUT2D eigenvalue weighted by Gasteiger charge is -2.36. The van der Waals surface area contributed by atoms with Gasteiger partial charge in [0, 0.05) is 43.3 Å². The molecule has 1 amide bonds. The molecule has 1 aliphatic rings. The number of nitrogen functional groups attached to an aromatic ring is 1. The molecule has 1 aromatic carbocycles. The summed E-state index contributed by atoms with van der Waals surface area (Å²) in [7, 11) is 1.54. The molecule has 9 nitrogen and oxygen atoms in total. The third-order valence-electron chi connectivity index (χ3n) is 5.25. The van der Waals surface area contributed by atoms with Crippen molar-refractivity contribution in [2.24, 2.45) is 0 Å². The zero-order chi connectivity index (χ0) is 22.9. The number of fused-ring (bicyclic) bond motifs is 1. The topological polar surface area (TPSA) is 107 Å². The van der Waals surface area contributed by atoms with Gasteiger partial charge in [0.05, 0.1) is 18.3 Å². The van der Waals surface area contributed by atoms with Gasteiger partial charge in [-0.15, -0.1) is 0 Å². The number of aromatic nitrogens is 3. The van der Waals surface area contributed by atoms with Crippen LogP contribution in [0, 0.1) is 0 Å². The second-order valence-corrected chi connectivity index (χ2v) is 8.71. The number of rotatable bonds is 3. The van der Waals surface area contributed by atoms with Crippen LogP contribution in [0.25, 0.3) is 22.0 Å². The van der Waals surface area contributed by atoms with E-state index in [9.17, 15) is 4.79 Å². The first kappa shape index (κ1) is 21.6. The van der Waals surface area contributed by atoms with E-state index in [0.717, 1.165) is 27.8 Å². The number of carbonyl (C=O) groups excluding carboxylic acids is 1. The van der Waals surface area contributed by atoms with Crippen molar-refractivity contribution >= 4 is 28.5 Å². The largest absolute Gasteiger partial charge is 0.480 e. The third-order valence-corrected chi connectivity index (χ3v) is 5.25. The van der Waals surface area contributed by atoms with Crippen LogP contribution in [-0.4, -0.2) is 64.8 Å². The van der Waals surface area contributed by atoms with E-state index in [1.54, 1.807) is 24.5 Å². The van der Waals surface area contributed by atoms with Gasteiger partial charge in [-0.1, -0.05) is 6.07 Å². The van der Waals surface area contributed by atoms with E-state index in [0.29, 0.717) is 37.7 Å². The number of carbonyl (C=O) groups is 1. The Bertz CT molecular complexity index is 1140. The molecule has 0 unspecified atom stereocenters. The van der Waals surface area contributed by atoms with Gasteiger partial charge in [0.25, 0.3) is 0 Å². The predicted octanol–water partition coefficient (Wildman–Crippen LogP) is 3.34. The van der Waals surface area contributed by atoms with Gasteiger partial charge >= 0.3 is 6.09 Å². The van der Waals surface area contributed by atoms with Crippen molar-refractivity contribution in [2.45, 2.75) is 26.4 Å². The molecule has 1 saturated heterocycles. The van der Waals surface area contributed by atoms with Gasteiger partial charge < -0.3 is 25.0 Å². The van der Waals surface area contributed by atoms with Crippen LogP contribution in [-0.2, 0) is 4.74 Å². The van der Waals surface area contributed by atoms with Crippen LogP contribution < -0.4 is 15.4 Å². The fraction of sp³-hybridized carbons (Fsp3) is 0.391. The molecule has 3 aromatic rings. The minimum atomic E-state index is -0.507. The Morgan fingerprint density at radius 3 is 2.44 bits per heavy atom. The van der Waals surface area contributed by atoms with Gasteiger partial charge in [-0.05, 0) is 44.5 Å². The van der Waals surface area contributed by atoms with Crippen LogP contribution in [0.5, 0.6) is 5.88 Å². The van der Waals surface area contributed by atoms with Crippen LogP contribution in [0.4, 0.5) is 16.3 Å². The molecule has 9 heteroatoms. The molecule has 0 spiro atoms. The molecular weight excluding hydrogens is 408 g/mol. The second-order valence-electron chi connectivity index (χ2n) is 8.71. The number of ether oxygens (including phenoxy) is 2. The zero-order valence-corrected chi connectivity index (χ0v) is 18.8. The molecule has 4 rings (SSSR count). The molecule has 1 aliphatic heterocycles. The Balaban J connectivity index is 1.58. The lowest BCUT2D eigenvalue weighted by molar-refractivity contribution is 0.0240. The SMILES string of the molecule is COc1ncc(-c2ccc3ncnc(N4CCN(C(=O)OC(C)(C)C)CC4)c3c2)cc1N. The number of piperazine rings is 1. The maximum absolute atomic E-state index is 12.4. The van der Waals surface area contributed by atoms with Gasteiger partial charge in [0.2, 0.25) is 5.88 Å². The third kappa shape index (κ3) is 4.51. The fourth-order valence-corrected chi connectivity index (χ4v) is 3.70. The minimum Gasteiger partial charge on any atom is -0.480 e. The maximum Gasteiger partial charge on any atom is 0.410 e. The Kier molecular flexibility index (Phi) is 5.73. The number of nitrogens with zero attached hydrogens (tertiary/aromatic N) is 5. The lowest BCUT2D eigenvalue weighted by atomic mass is 10.0. The van der Waals surface area contributed by atoms with E-state index in [1.807, 2.05) is 45.0 Å². The number of hydrogen-bond donors (Lipinski definition) is 1. The molecule has 2 N–H and O–H groups in total. The molecule has 0 saturated carbocycles. The summed E-state index contributed by atoms with van der Waals surface area (Å²) >= 11 is 0. The van der Waals surface area contributed by atoms with Crippen molar-refractivity contribution < 1.29 is 14.3 Å². The Hall–Kier alpha value is -3.62. The Labute approximate surface area is 187 Å². The van der Waals surface area contributed by atoms with Crippen LogP contribution in [0.2, 0.25) is 0 Å². The van der Waals surface area contributed by atoms with E-state index >= 15 is 0 Å². The standard InChI is InChI=1S/C23H28N6O3/c1-23(2,3)32-22(30)29-9-7-28(8-10-29)20-17-11-15(5-6-19(17)26-14-27-20)16-12-18(24)21(31-4)25-13-16/h5-6,11-14H,7-10,24H2,1-4H3. The average Bonchev–Trinajstić information content (AvgIpc) is 2.77. The van der Waals surface area contributed by atoms with Gasteiger partial charge in [-0.25, -0.2) is 19.7 Å². The summed E-state index contributed by atoms with van der Waals surface area (Å²) in [5.74, 6) is 1.25. The summed E-state index contributed by atoms with van der Waals surface area (Å²) < 4.78 is 10.7. The van der Waals surface area contributed by atoms with Crippen molar-refractivity contribution in [3.8, 4) is 17.0 Å². The highest BCUT2D eigenvalue weighted by Gasteiger charge is 2.27. The Morgan fingerprint density at radius 1 is 1.03 bits per heavy atom. The summed E-state index contributed by atoms with van der Waals surface area (Å²) in [5.41, 5.74) is 8.71. The molecule has 32 heavy (non-hydrogen) atoms. The van der Waals surface area contributed by atoms with E-state index in [-0.39, 0.29) is 6.09 Å². The van der Waals surface area contributed by atoms with Crippen molar-refractivity contribution in [2.75, 3.05) is 43.9 Å². The number of benzene rings is 1. The average molecular weight is 437 g/mol. The lowest BCUT2D eigenvalue weighted by Crippen LogP contribution is -2.50. The number of hydrogen-bond acceptors (Lipinski definition) is 8. The van der Waals surface area contributed by atoms with E-state index in [1.165, 1.54) is 0 Å². The number of pyridine rings is 1. The van der Waals surface area contributed by atoms with E-state index in [4.69, 9.17) is 15.2 Å². The smallest absolute Gasteiger partial charge is 0.410 e. The van der Waals surface area contributed by atoms with Crippen molar-refractivity contribution in [3.63, 3.8) is 0 Å². The summed E-state index contributed by atoms with van der Waals surface area (Å²) in [5, 5.41) is 0.935. The molecule has 0 aliphatic carbocycles. The fourth-order valence-electron chi connectivity index (χ4n) is 3.70. The molecule has 2 aromatic heterocycles. The normalized spacial score (nSPS) is 14.5. The maximum atomic E-state index is 12.4. The summed E-state index contributed by atoms with van der Waals surface area (Å²) in [6.07, 6.45) is 3.03. The van der Waals surface area contributed by atoms with Gasteiger partial charge in [0.15, 0.2) is 0 Å². The number of methoxy groups -OCH3 is 1. The minimum absolute atomic E-state index is 0.281. The van der Waals surface area contributed by atoms with Crippen molar-refractivity contribution in [1.29, 1.82) is 0 Å². The number of nitrogens with two attached hydrogens (primary N) is 1. The van der Waals surface area contributed by atoms with Crippen LogP contribution in [0.1, 0.15) is 20.8 Å². The zero-order valence-electron chi connectivity index (χ0n) is 18.8. The highest BCUT2D eigenvalue weighted by molar-refractivity contribution is 5.93. The van der Waals surface area contributed by atoms with Crippen LogP contribution in [0.15, 0.2) is 36.8 Å². The molecule has 1 fully saturated rings. The molecule has 0 bridgehead atoms. The van der Waals surface area contributed by atoms with Gasteiger partial charge in [-0.3, -0.25) is 0 Å². The highest BCUT2D eigenvalue weighted by atomic mass is 16.6. The Morgan fingerprint density at radius 2 is 1.78 bits per heavy atom. The summed E-state index contributed by atoms with van der Waals surface area (Å²) in [6, 6.07) is 7.85. The van der Waals surface area contributed by atoms with Crippen molar-refractivity contribution in [3.05, 3.63) is 36.8 Å². The van der Waals surface area contributed by atoms with Crippen molar-refractivity contribution in [1.82, 2.24) is 19.9 Å². The first-order valence-electron chi connectivity index (χ1n) is 10.5. The van der Waals surface area contributed by atoms with E-state index in [2.05, 4.69) is 19.9 Å². The van der Waals surface area contributed by atoms with Gasteiger partial charge in [-0.2, -0.15) is 0 Å². The number of amides is 1.